The van der Waals surface area contributed by atoms with Crippen molar-refractivity contribution in [1.82, 2.24) is 19.3 Å². The molecular formula is C28H19N5O. The Labute approximate surface area is 195 Å². The molecule has 0 aliphatic carbocycles. The normalized spacial score (nSPS) is 11.8. The van der Waals surface area contributed by atoms with Gasteiger partial charge in [-0.15, -0.1) is 0 Å². The van der Waals surface area contributed by atoms with E-state index in [9.17, 15) is 5.26 Å². The van der Waals surface area contributed by atoms with Crippen LogP contribution in [0, 0.1) is 11.3 Å². The second kappa shape index (κ2) is 7.91. The van der Waals surface area contributed by atoms with Crippen LogP contribution >= 0.6 is 0 Å². The fourth-order valence-corrected chi connectivity index (χ4v) is 4.18. The number of aryl methyl sites for hydroxylation is 1. The molecule has 0 unspecified atom stereocenters. The lowest BCUT2D eigenvalue weighted by Gasteiger charge is -2.01. The van der Waals surface area contributed by atoms with Gasteiger partial charge in [-0.3, -0.25) is 0 Å². The number of aromatic nitrogens is 4. The maximum absolute atomic E-state index is 10.1. The summed E-state index contributed by atoms with van der Waals surface area (Å²) in [6, 6.07) is 29.9. The van der Waals surface area contributed by atoms with Crippen molar-refractivity contribution in [2.75, 3.05) is 0 Å². The number of rotatable bonds is 4. The summed E-state index contributed by atoms with van der Waals surface area (Å²) in [6.45, 7) is 0. The first-order chi connectivity index (χ1) is 16.7. The van der Waals surface area contributed by atoms with Gasteiger partial charge in [0.25, 0.3) is 0 Å². The van der Waals surface area contributed by atoms with Crippen LogP contribution < -0.4 is 0 Å². The number of fused-ring (bicyclic) bond motifs is 2. The lowest BCUT2D eigenvalue weighted by Crippen LogP contribution is -1.96. The average molecular weight is 441 g/mol. The molecule has 0 aliphatic heterocycles. The van der Waals surface area contributed by atoms with Crippen LogP contribution in [0.2, 0.25) is 0 Å². The second-order valence-corrected chi connectivity index (χ2v) is 8.01. The largest absolute Gasteiger partial charge is 0.454 e. The summed E-state index contributed by atoms with van der Waals surface area (Å²) < 4.78 is 9.87. The van der Waals surface area contributed by atoms with Crippen LogP contribution in [0.25, 0.3) is 50.8 Å². The fraction of sp³-hybridized carbons (Fsp3) is 0.0357. The number of hydrogen-bond donors (Lipinski definition) is 0. The van der Waals surface area contributed by atoms with Crippen LogP contribution in [0.3, 0.4) is 0 Å². The Morgan fingerprint density at radius 1 is 0.971 bits per heavy atom. The van der Waals surface area contributed by atoms with Gasteiger partial charge in [-0.2, -0.15) is 10.4 Å². The number of para-hydroxylation sites is 4. The predicted molar refractivity (Wildman–Crippen MR) is 133 cm³/mol. The summed E-state index contributed by atoms with van der Waals surface area (Å²) in [4.78, 5) is 4.70. The molecule has 0 fully saturated rings. The Kier molecular flexibility index (Phi) is 4.60. The van der Waals surface area contributed by atoms with Gasteiger partial charge in [0.05, 0.1) is 22.3 Å². The van der Waals surface area contributed by atoms with Crippen LogP contribution in [-0.4, -0.2) is 19.3 Å². The molecule has 0 spiro atoms. The minimum atomic E-state index is 0.448. The van der Waals surface area contributed by atoms with E-state index in [0.717, 1.165) is 33.3 Å². The van der Waals surface area contributed by atoms with Crippen molar-refractivity contribution >= 4 is 33.7 Å². The third-order valence-corrected chi connectivity index (χ3v) is 5.87. The maximum atomic E-state index is 10.1. The molecule has 0 saturated carbocycles. The van der Waals surface area contributed by atoms with E-state index in [0.29, 0.717) is 22.9 Å². The highest BCUT2D eigenvalue weighted by Crippen LogP contribution is 2.32. The minimum absolute atomic E-state index is 0.448. The van der Waals surface area contributed by atoms with Crippen molar-refractivity contribution in [3.8, 4) is 23.2 Å². The Hall–Kier alpha value is -4.89. The molecule has 3 aromatic carbocycles. The van der Waals surface area contributed by atoms with E-state index in [-0.39, 0.29) is 0 Å². The summed E-state index contributed by atoms with van der Waals surface area (Å²) in [6.07, 6.45) is 3.74. The molecule has 6 rings (SSSR count). The van der Waals surface area contributed by atoms with E-state index in [1.165, 1.54) is 0 Å². The van der Waals surface area contributed by atoms with Crippen LogP contribution in [0.15, 0.2) is 95.5 Å². The van der Waals surface area contributed by atoms with Gasteiger partial charge in [0.2, 0.25) is 0 Å². The van der Waals surface area contributed by atoms with E-state index in [1.54, 1.807) is 4.68 Å². The molecule has 0 amide bonds. The van der Waals surface area contributed by atoms with E-state index in [1.807, 2.05) is 109 Å². The number of nitrogens with zero attached hydrogens (tertiary/aromatic N) is 5. The molecule has 162 valence electrons. The molecule has 3 heterocycles. The number of allylic oxidation sites excluding steroid dienone is 1. The molecule has 0 N–H and O–H groups in total. The van der Waals surface area contributed by atoms with Crippen LogP contribution in [0.1, 0.15) is 11.4 Å². The first kappa shape index (κ1) is 19.8. The van der Waals surface area contributed by atoms with Crippen molar-refractivity contribution in [3.05, 3.63) is 103 Å². The number of furan rings is 1. The predicted octanol–water partition coefficient (Wildman–Crippen LogP) is 6.24. The van der Waals surface area contributed by atoms with Crippen LogP contribution in [0.5, 0.6) is 0 Å². The van der Waals surface area contributed by atoms with Gasteiger partial charge in [0.15, 0.2) is 11.6 Å². The molecule has 6 heteroatoms. The maximum Gasteiger partial charge on any atom is 0.156 e. The molecule has 34 heavy (non-hydrogen) atoms. The standard InChI is InChI=1S/C28H19N5O/c1-32-24-13-7-6-12-23(24)30-28(32)20(17-29)15-21-18-33(22-10-3-2-4-11-22)31-27(21)26-16-19-9-5-8-14-25(19)34-26/h2-16,18H,1H3/b20-15-. The summed E-state index contributed by atoms with van der Waals surface area (Å²) in [5.41, 5.74) is 5.40. The highest BCUT2D eigenvalue weighted by Gasteiger charge is 2.18. The minimum Gasteiger partial charge on any atom is -0.454 e. The molecule has 0 bridgehead atoms. The fourth-order valence-electron chi connectivity index (χ4n) is 4.18. The average Bonchev–Trinajstić information content (AvgIpc) is 3.58. The van der Waals surface area contributed by atoms with Gasteiger partial charge in [0.1, 0.15) is 17.3 Å². The van der Waals surface area contributed by atoms with Crippen molar-refractivity contribution in [1.29, 1.82) is 5.26 Å². The van der Waals surface area contributed by atoms with Gasteiger partial charge < -0.3 is 8.98 Å². The SMILES string of the molecule is Cn1c(/C(C#N)=C\c2cn(-c3ccccc3)nc2-c2cc3ccccc3o2)nc2ccccc21. The molecule has 0 radical (unpaired) electrons. The quantitative estimate of drug-likeness (QED) is 0.304. The van der Waals surface area contributed by atoms with Gasteiger partial charge >= 0.3 is 0 Å². The molecule has 0 aliphatic rings. The highest BCUT2D eigenvalue weighted by atomic mass is 16.3. The molecule has 0 atom stereocenters. The summed E-state index contributed by atoms with van der Waals surface area (Å²) >= 11 is 0. The lowest BCUT2D eigenvalue weighted by atomic mass is 10.1. The van der Waals surface area contributed by atoms with Crippen molar-refractivity contribution in [2.24, 2.45) is 7.05 Å². The summed E-state index contributed by atoms with van der Waals surface area (Å²) in [7, 11) is 1.92. The highest BCUT2D eigenvalue weighted by molar-refractivity contribution is 5.93. The number of hydrogen-bond acceptors (Lipinski definition) is 4. The Balaban J connectivity index is 1.55. The zero-order chi connectivity index (χ0) is 23.1. The van der Waals surface area contributed by atoms with Gasteiger partial charge in [-0.25, -0.2) is 9.67 Å². The summed E-state index contributed by atoms with van der Waals surface area (Å²) in [5.74, 6) is 1.25. The molecule has 0 saturated heterocycles. The first-order valence-electron chi connectivity index (χ1n) is 10.9. The van der Waals surface area contributed by atoms with Crippen LogP contribution in [0.4, 0.5) is 0 Å². The number of nitriles is 1. The van der Waals surface area contributed by atoms with E-state index >= 15 is 0 Å². The monoisotopic (exact) mass is 441 g/mol. The number of benzene rings is 3. The Bertz CT molecular complexity index is 1690. The van der Waals surface area contributed by atoms with Crippen molar-refractivity contribution < 1.29 is 4.42 Å². The topological polar surface area (TPSA) is 72.6 Å². The third kappa shape index (κ3) is 3.28. The zero-order valence-electron chi connectivity index (χ0n) is 18.4. The summed E-state index contributed by atoms with van der Waals surface area (Å²) in [5, 5.41) is 15.9. The second-order valence-electron chi connectivity index (χ2n) is 8.01. The van der Waals surface area contributed by atoms with Crippen molar-refractivity contribution in [2.45, 2.75) is 0 Å². The van der Waals surface area contributed by atoms with Crippen molar-refractivity contribution in [3.63, 3.8) is 0 Å². The van der Waals surface area contributed by atoms with Gasteiger partial charge in [0, 0.05) is 24.2 Å². The first-order valence-corrected chi connectivity index (χ1v) is 10.9. The molecular weight excluding hydrogens is 422 g/mol. The van der Waals surface area contributed by atoms with E-state index in [2.05, 4.69) is 6.07 Å². The van der Waals surface area contributed by atoms with Gasteiger partial charge in [-0.1, -0.05) is 48.5 Å². The smallest absolute Gasteiger partial charge is 0.156 e. The van der Waals surface area contributed by atoms with Crippen LogP contribution in [-0.2, 0) is 7.05 Å². The number of imidazole rings is 1. The molecule has 6 nitrogen and oxygen atoms in total. The molecule has 3 aromatic heterocycles. The van der Waals surface area contributed by atoms with E-state index < -0.39 is 0 Å². The Morgan fingerprint density at radius 2 is 1.74 bits per heavy atom. The van der Waals surface area contributed by atoms with E-state index in [4.69, 9.17) is 14.5 Å². The molecule has 6 aromatic rings. The third-order valence-electron chi connectivity index (χ3n) is 5.87. The Morgan fingerprint density at radius 3 is 2.53 bits per heavy atom. The zero-order valence-corrected chi connectivity index (χ0v) is 18.4. The van der Waals surface area contributed by atoms with Gasteiger partial charge in [-0.05, 0) is 42.5 Å². The lowest BCUT2D eigenvalue weighted by molar-refractivity contribution is 0.627.